The Hall–Kier alpha value is -1.75. The van der Waals surface area contributed by atoms with E-state index in [0.29, 0.717) is 24.3 Å². The minimum absolute atomic E-state index is 0.0231. The Bertz CT molecular complexity index is 496. The summed E-state index contributed by atoms with van der Waals surface area (Å²) in [7, 11) is 0. The molecule has 1 aliphatic carbocycles. The first-order valence-electron chi connectivity index (χ1n) is 7.63. The second-order valence-electron chi connectivity index (χ2n) is 5.88. The van der Waals surface area contributed by atoms with Crippen LogP contribution >= 0.6 is 0 Å². The molecule has 5 heteroatoms. The molecular formula is C16H25N3O2. The first-order chi connectivity index (χ1) is 10.1. The lowest BCUT2D eigenvalue weighted by atomic mass is 9.87. The average Bonchev–Trinajstić information content (AvgIpc) is 2.95. The maximum absolute atomic E-state index is 11.8. The highest BCUT2D eigenvalue weighted by molar-refractivity contribution is 5.96. The number of aliphatic hydroxyl groups is 1. The Kier molecular flexibility index (Phi) is 5.07. The van der Waals surface area contributed by atoms with Crippen molar-refractivity contribution in [2.24, 2.45) is 5.41 Å². The van der Waals surface area contributed by atoms with Crippen LogP contribution in [0.25, 0.3) is 0 Å². The van der Waals surface area contributed by atoms with E-state index in [1.807, 2.05) is 13.0 Å². The van der Waals surface area contributed by atoms with Gasteiger partial charge in [-0.25, -0.2) is 0 Å². The van der Waals surface area contributed by atoms with Gasteiger partial charge < -0.3 is 21.5 Å². The maximum Gasteiger partial charge on any atom is 0.251 e. The van der Waals surface area contributed by atoms with Gasteiger partial charge in [0.1, 0.15) is 0 Å². The van der Waals surface area contributed by atoms with Crippen molar-refractivity contribution in [3.05, 3.63) is 23.8 Å². The summed E-state index contributed by atoms with van der Waals surface area (Å²) in [5.41, 5.74) is 7.95. The van der Waals surface area contributed by atoms with Crippen LogP contribution in [0.5, 0.6) is 0 Å². The third-order valence-electron chi connectivity index (χ3n) is 4.30. The van der Waals surface area contributed by atoms with Crippen molar-refractivity contribution in [1.29, 1.82) is 0 Å². The van der Waals surface area contributed by atoms with Gasteiger partial charge in [-0.2, -0.15) is 0 Å². The van der Waals surface area contributed by atoms with Crippen molar-refractivity contribution in [3.63, 3.8) is 0 Å². The molecule has 1 amide bonds. The van der Waals surface area contributed by atoms with Crippen LogP contribution in [0, 0.1) is 5.41 Å². The molecule has 21 heavy (non-hydrogen) atoms. The van der Waals surface area contributed by atoms with E-state index in [1.165, 1.54) is 12.8 Å². The summed E-state index contributed by atoms with van der Waals surface area (Å²) in [4.78, 5) is 11.8. The van der Waals surface area contributed by atoms with Gasteiger partial charge in [0.25, 0.3) is 5.91 Å². The number of aliphatic hydroxyl groups excluding tert-OH is 1. The summed E-state index contributed by atoms with van der Waals surface area (Å²) < 4.78 is 0. The highest BCUT2D eigenvalue weighted by Gasteiger charge is 2.32. The fourth-order valence-electron chi connectivity index (χ4n) is 2.93. The second kappa shape index (κ2) is 6.80. The summed E-state index contributed by atoms with van der Waals surface area (Å²) in [5, 5.41) is 15.7. The van der Waals surface area contributed by atoms with Crippen LogP contribution < -0.4 is 16.4 Å². The number of rotatable bonds is 6. The number of hydrogen-bond acceptors (Lipinski definition) is 4. The van der Waals surface area contributed by atoms with Crippen LogP contribution in [0.1, 0.15) is 43.0 Å². The van der Waals surface area contributed by atoms with Gasteiger partial charge in [0.15, 0.2) is 0 Å². The molecule has 1 aromatic rings. The second-order valence-corrected chi connectivity index (χ2v) is 5.88. The van der Waals surface area contributed by atoms with E-state index < -0.39 is 0 Å². The number of hydrogen-bond donors (Lipinski definition) is 4. The summed E-state index contributed by atoms with van der Waals surface area (Å²) in [5.74, 6) is -0.113. The van der Waals surface area contributed by atoms with Crippen molar-refractivity contribution >= 4 is 17.3 Å². The van der Waals surface area contributed by atoms with Gasteiger partial charge in [-0.3, -0.25) is 4.79 Å². The van der Waals surface area contributed by atoms with Crippen LogP contribution in [-0.4, -0.2) is 30.7 Å². The molecule has 0 radical (unpaired) electrons. The van der Waals surface area contributed by atoms with Crippen LogP contribution in [0.2, 0.25) is 0 Å². The Labute approximate surface area is 125 Å². The molecule has 0 saturated heterocycles. The normalized spacial score (nSPS) is 16.7. The Balaban J connectivity index is 2.02. The van der Waals surface area contributed by atoms with E-state index in [-0.39, 0.29) is 17.9 Å². The number of benzene rings is 1. The van der Waals surface area contributed by atoms with Crippen LogP contribution in [0.4, 0.5) is 11.4 Å². The van der Waals surface area contributed by atoms with Gasteiger partial charge in [-0.15, -0.1) is 0 Å². The van der Waals surface area contributed by atoms with Gasteiger partial charge >= 0.3 is 0 Å². The first kappa shape index (κ1) is 15.6. The molecule has 0 unspecified atom stereocenters. The van der Waals surface area contributed by atoms with Gasteiger partial charge in [-0.1, -0.05) is 12.8 Å². The number of carbonyl (C=O) groups is 1. The van der Waals surface area contributed by atoms with Crippen molar-refractivity contribution in [1.82, 2.24) is 5.32 Å². The zero-order chi connectivity index (χ0) is 15.3. The van der Waals surface area contributed by atoms with Crippen molar-refractivity contribution in [2.45, 2.75) is 32.6 Å². The molecule has 1 aliphatic rings. The maximum atomic E-state index is 11.8. The zero-order valence-corrected chi connectivity index (χ0v) is 12.6. The van der Waals surface area contributed by atoms with Crippen molar-refractivity contribution in [3.8, 4) is 0 Å². The van der Waals surface area contributed by atoms with Gasteiger partial charge in [0.2, 0.25) is 0 Å². The summed E-state index contributed by atoms with van der Waals surface area (Å²) in [6.07, 6.45) is 4.45. The van der Waals surface area contributed by atoms with E-state index in [0.717, 1.165) is 18.5 Å². The molecule has 0 aromatic heterocycles. The largest absolute Gasteiger partial charge is 0.397 e. The minimum Gasteiger partial charge on any atom is -0.397 e. The molecule has 0 heterocycles. The van der Waals surface area contributed by atoms with E-state index in [4.69, 9.17) is 5.73 Å². The lowest BCUT2D eigenvalue weighted by Gasteiger charge is -2.27. The third kappa shape index (κ3) is 3.67. The van der Waals surface area contributed by atoms with E-state index in [1.54, 1.807) is 12.1 Å². The molecule has 1 aromatic carbocycles. The Morgan fingerprint density at radius 3 is 2.67 bits per heavy atom. The van der Waals surface area contributed by atoms with Gasteiger partial charge in [0.05, 0.1) is 18.0 Å². The predicted octanol–water partition coefficient (Wildman–Crippen LogP) is 1.98. The van der Waals surface area contributed by atoms with E-state index in [2.05, 4.69) is 10.6 Å². The summed E-state index contributed by atoms with van der Waals surface area (Å²) in [6, 6.07) is 5.29. The standard InChI is InChI=1S/C16H25N3O2/c1-2-18-15(21)12-5-6-14(13(17)9-12)19-10-16(11-20)7-3-4-8-16/h5-6,9,19-20H,2-4,7-8,10-11,17H2,1H3,(H,18,21). The van der Waals surface area contributed by atoms with Gasteiger partial charge in [0, 0.05) is 24.1 Å². The highest BCUT2D eigenvalue weighted by Crippen LogP contribution is 2.38. The summed E-state index contributed by atoms with van der Waals surface area (Å²) in [6.45, 7) is 3.40. The minimum atomic E-state index is -0.113. The van der Waals surface area contributed by atoms with Crippen molar-refractivity contribution in [2.75, 3.05) is 30.7 Å². The number of nitrogens with two attached hydrogens (primary N) is 1. The van der Waals surface area contributed by atoms with Crippen molar-refractivity contribution < 1.29 is 9.90 Å². The van der Waals surface area contributed by atoms with E-state index in [9.17, 15) is 9.90 Å². The number of nitrogen functional groups attached to an aromatic ring is 1. The van der Waals surface area contributed by atoms with Crippen LogP contribution in [0.3, 0.4) is 0 Å². The third-order valence-corrected chi connectivity index (χ3v) is 4.30. The van der Waals surface area contributed by atoms with Gasteiger partial charge in [-0.05, 0) is 38.0 Å². The molecular weight excluding hydrogens is 266 g/mol. The molecule has 5 N–H and O–H groups in total. The lowest BCUT2D eigenvalue weighted by Crippen LogP contribution is -2.30. The van der Waals surface area contributed by atoms with Crippen LogP contribution in [0.15, 0.2) is 18.2 Å². The Morgan fingerprint density at radius 1 is 1.38 bits per heavy atom. The highest BCUT2D eigenvalue weighted by atomic mass is 16.3. The number of amides is 1. The Morgan fingerprint density at radius 2 is 2.10 bits per heavy atom. The molecule has 0 spiro atoms. The molecule has 116 valence electrons. The zero-order valence-electron chi connectivity index (χ0n) is 12.6. The molecule has 0 atom stereocenters. The molecule has 1 fully saturated rings. The number of anilines is 2. The average molecular weight is 291 g/mol. The molecule has 1 saturated carbocycles. The summed E-state index contributed by atoms with van der Waals surface area (Å²) >= 11 is 0. The van der Waals surface area contributed by atoms with E-state index >= 15 is 0 Å². The SMILES string of the molecule is CCNC(=O)c1ccc(NCC2(CO)CCCC2)c(N)c1. The number of nitrogens with one attached hydrogen (secondary N) is 2. The monoisotopic (exact) mass is 291 g/mol. The lowest BCUT2D eigenvalue weighted by molar-refractivity contribution is 0.0956. The first-order valence-corrected chi connectivity index (χ1v) is 7.63. The fraction of sp³-hybridized carbons (Fsp3) is 0.562. The molecule has 0 bridgehead atoms. The smallest absolute Gasteiger partial charge is 0.251 e. The molecule has 2 rings (SSSR count). The molecule has 0 aliphatic heterocycles. The topological polar surface area (TPSA) is 87.4 Å². The van der Waals surface area contributed by atoms with Crippen LogP contribution in [-0.2, 0) is 0 Å². The fourth-order valence-corrected chi connectivity index (χ4v) is 2.93. The predicted molar refractivity (Wildman–Crippen MR) is 85.3 cm³/mol. The molecule has 5 nitrogen and oxygen atoms in total. The quantitative estimate of drug-likeness (QED) is 0.604. The number of carbonyl (C=O) groups excluding carboxylic acids is 1.